The number of morpholine rings is 1. The van der Waals surface area contributed by atoms with Crippen LogP contribution in [0.4, 0.5) is 17.3 Å². The quantitative estimate of drug-likeness (QED) is 0.400. The van der Waals surface area contributed by atoms with Crippen molar-refractivity contribution in [1.82, 2.24) is 19.4 Å². The number of aliphatic hydroxyl groups is 1. The Morgan fingerprint density at radius 1 is 0.947 bits per heavy atom. The first-order chi connectivity index (χ1) is 18.6. The number of nitrogens with zero attached hydrogens (tertiary/aromatic N) is 7. The largest absolute Gasteiger partial charge is 0.495 e. The van der Waals surface area contributed by atoms with E-state index >= 15 is 0 Å². The fraction of sp³-hybridized carbons (Fsp3) is 0.370. The monoisotopic (exact) mass is 535 g/mol. The van der Waals surface area contributed by atoms with Crippen LogP contribution in [0.25, 0.3) is 16.9 Å². The zero-order chi connectivity index (χ0) is 26.1. The van der Waals surface area contributed by atoms with Crippen LogP contribution in [-0.2, 0) is 11.3 Å². The second-order valence-electron chi connectivity index (χ2n) is 9.39. The lowest BCUT2D eigenvalue weighted by Gasteiger charge is -2.37. The standard InChI is InChI=1S/C27H30ClN7O3/c1-37-25-12-19(18-36)22(14-23(25)28)24-17-35-3-2-20(13-26(35)31-24)32-4-6-33(7-5-32)21-15-29-27(30-16-21)34-8-10-38-11-9-34/h2-3,12-17,36H,4-11,18H2,1H3. The van der Waals surface area contributed by atoms with Gasteiger partial charge in [-0.3, -0.25) is 0 Å². The molecule has 0 atom stereocenters. The van der Waals surface area contributed by atoms with Gasteiger partial charge >= 0.3 is 0 Å². The molecule has 198 valence electrons. The average molecular weight is 536 g/mol. The summed E-state index contributed by atoms with van der Waals surface area (Å²) in [7, 11) is 1.56. The van der Waals surface area contributed by atoms with Gasteiger partial charge in [-0.2, -0.15) is 0 Å². The van der Waals surface area contributed by atoms with Gasteiger partial charge in [0.15, 0.2) is 0 Å². The summed E-state index contributed by atoms with van der Waals surface area (Å²) in [4.78, 5) is 20.9. The van der Waals surface area contributed by atoms with E-state index in [4.69, 9.17) is 26.1 Å². The van der Waals surface area contributed by atoms with E-state index in [9.17, 15) is 5.11 Å². The number of benzene rings is 1. The number of imidazole rings is 1. The third kappa shape index (κ3) is 4.82. The highest BCUT2D eigenvalue weighted by atomic mass is 35.5. The molecule has 0 saturated carbocycles. The molecule has 11 heteroatoms. The zero-order valence-electron chi connectivity index (χ0n) is 21.3. The molecule has 0 amide bonds. The van der Waals surface area contributed by atoms with Crippen LogP contribution in [0.15, 0.2) is 49.1 Å². The van der Waals surface area contributed by atoms with E-state index in [-0.39, 0.29) is 6.61 Å². The minimum Gasteiger partial charge on any atom is -0.495 e. The molecule has 0 radical (unpaired) electrons. The van der Waals surface area contributed by atoms with Crippen molar-refractivity contribution in [1.29, 1.82) is 0 Å². The van der Waals surface area contributed by atoms with Gasteiger partial charge in [0.1, 0.15) is 11.4 Å². The summed E-state index contributed by atoms with van der Waals surface area (Å²) in [5.41, 5.74) is 5.27. The van der Waals surface area contributed by atoms with Crippen molar-refractivity contribution in [3.63, 3.8) is 0 Å². The zero-order valence-corrected chi connectivity index (χ0v) is 22.0. The van der Waals surface area contributed by atoms with Gasteiger partial charge in [-0.25, -0.2) is 15.0 Å². The van der Waals surface area contributed by atoms with Crippen LogP contribution in [0.3, 0.4) is 0 Å². The van der Waals surface area contributed by atoms with Crippen molar-refractivity contribution in [2.75, 3.05) is 74.3 Å². The Bertz CT molecular complexity index is 1410. The van der Waals surface area contributed by atoms with Crippen molar-refractivity contribution < 1.29 is 14.6 Å². The molecule has 0 bridgehead atoms. The van der Waals surface area contributed by atoms with E-state index in [0.29, 0.717) is 16.3 Å². The van der Waals surface area contributed by atoms with Crippen LogP contribution >= 0.6 is 11.6 Å². The molecule has 2 aliphatic heterocycles. The number of ether oxygens (including phenoxy) is 2. The number of fused-ring (bicyclic) bond motifs is 1. The number of anilines is 3. The topological polar surface area (TPSA) is 91.5 Å². The molecule has 1 N–H and O–H groups in total. The Hall–Kier alpha value is -3.60. The molecule has 2 saturated heterocycles. The number of piperazine rings is 1. The maximum Gasteiger partial charge on any atom is 0.225 e. The van der Waals surface area contributed by atoms with Gasteiger partial charge in [0.2, 0.25) is 5.95 Å². The smallest absolute Gasteiger partial charge is 0.225 e. The third-order valence-corrected chi connectivity index (χ3v) is 7.49. The van der Waals surface area contributed by atoms with Gasteiger partial charge in [-0.15, -0.1) is 0 Å². The number of hydrogen-bond donors (Lipinski definition) is 1. The first-order valence-corrected chi connectivity index (χ1v) is 13.1. The molecule has 38 heavy (non-hydrogen) atoms. The number of methoxy groups -OCH3 is 1. The normalized spacial score (nSPS) is 16.3. The lowest BCUT2D eigenvalue weighted by molar-refractivity contribution is 0.122. The van der Waals surface area contributed by atoms with Crippen LogP contribution in [0.1, 0.15) is 5.56 Å². The lowest BCUT2D eigenvalue weighted by atomic mass is 10.1. The van der Waals surface area contributed by atoms with Crippen LogP contribution in [0.2, 0.25) is 5.02 Å². The Balaban J connectivity index is 1.15. The Morgan fingerprint density at radius 3 is 2.34 bits per heavy atom. The average Bonchev–Trinajstić information content (AvgIpc) is 3.41. The fourth-order valence-electron chi connectivity index (χ4n) is 5.05. The molecule has 0 spiro atoms. The van der Waals surface area contributed by atoms with E-state index in [1.54, 1.807) is 19.2 Å². The molecule has 2 aliphatic rings. The van der Waals surface area contributed by atoms with Gasteiger partial charge in [0, 0.05) is 69.0 Å². The highest BCUT2D eigenvalue weighted by Gasteiger charge is 2.20. The molecular formula is C27H30ClN7O3. The van der Waals surface area contributed by atoms with Crippen molar-refractivity contribution in [2.24, 2.45) is 0 Å². The number of aliphatic hydroxyl groups excluding tert-OH is 1. The molecule has 4 aromatic rings. The molecule has 1 aromatic carbocycles. The van der Waals surface area contributed by atoms with Crippen molar-refractivity contribution in [3.05, 3.63) is 59.6 Å². The Morgan fingerprint density at radius 2 is 1.66 bits per heavy atom. The van der Waals surface area contributed by atoms with Gasteiger partial charge in [0.25, 0.3) is 0 Å². The first kappa shape index (κ1) is 24.7. The SMILES string of the molecule is COc1cc(CO)c(-c2cn3ccc(N4CCN(c5cnc(N6CCOCC6)nc5)CC4)cc3n2)cc1Cl. The summed E-state index contributed by atoms with van der Waals surface area (Å²) in [5.74, 6) is 1.30. The molecule has 2 fully saturated rings. The molecule has 5 heterocycles. The number of halogens is 1. The van der Waals surface area contributed by atoms with E-state index in [0.717, 1.165) is 86.7 Å². The van der Waals surface area contributed by atoms with Crippen LogP contribution in [0.5, 0.6) is 5.75 Å². The maximum atomic E-state index is 9.90. The molecule has 0 aliphatic carbocycles. The number of hydrogen-bond acceptors (Lipinski definition) is 9. The summed E-state index contributed by atoms with van der Waals surface area (Å²) in [6, 6.07) is 7.77. The van der Waals surface area contributed by atoms with Crippen LogP contribution in [0, 0.1) is 0 Å². The maximum absolute atomic E-state index is 9.90. The second-order valence-corrected chi connectivity index (χ2v) is 9.80. The third-order valence-electron chi connectivity index (χ3n) is 7.20. The van der Waals surface area contributed by atoms with Gasteiger partial charge < -0.3 is 33.7 Å². The number of pyridine rings is 1. The first-order valence-electron chi connectivity index (χ1n) is 12.7. The number of rotatable bonds is 6. The predicted octanol–water partition coefficient (Wildman–Crippen LogP) is 3.11. The van der Waals surface area contributed by atoms with Gasteiger partial charge in [-0.1, -0.05) is 11.6 Å². The Labute approximate surface area is 226 Å². The second kappa shape index (κ2) is 10.6. The summed E-state index contributed by atoms with van der Waals surface area (Å²) in [6.07, 6.45) is 7.83. The highest BCUT2D eigenvalue weighted by molar-refractivity contribution is 6.32. The van der Waals surface area contributed by atoms with Gasteiger partial charge in [0.05, 0.1) is 55.7 Å². The van der Waals surface area contributed by atoms with E-state index in [1.165, 1.54) is 0 Å². The Kier molecular flexibility index (Phi) is 6.92. The van der Waals surface area contributed by atoms with E-state index in [2.05, 4.69) is 36.8 Å². The molecule has 10 nitrogen and oxygen atoms in total. The lowest BCUT2D eigenvalue weighted by Crippen LogP contribution is -2.46. The van der Waals surface area contributed by atoms with Crippen molar-refractivity contribution in [3.8, 4) is 17.0 Å². The van der Waals surface area contributed by atoms with E-state index in [1.807, 2.05) is 29.2 Å². The minimum absolute atomic E-state index is 0.132. The molecule has 0 unspecified atom stereocenters. The molecule has 3 aromatic heterocycles. The summed E-state index contributed by atoms with van der Waals surface area (Å²) < 4.78 is 12.7. The fourth-order valence-corrected chi connectivity index (χ4v) is 5.29. The molecule has 6 rings (SSSR count). The van der Waals surface area contributed by atoms with Gasteiger partial charge in [-0.05, 0) is 23.8 Å². The van der Waals surface area contributed by atoms with Crippen molar-refractivity contribution >= 4 is 34.6 Å². The summed E-state index contributed by atoms with van der Waals surface area (Å²) in [5, 5.41) is 10.4. The molecular weight excluding hydrogens is 506 g/mol. The highest BCUT2D eigenvalue weighted by Crippen LogP contribution is 2.34. The summed E-state index contributed by atoms with van der Waals surface area (Å²) >= 11 is 6.37. The van der Waals surface area contributed by atoms with Crippen LogP contribution in [-0.4, -0.2) is 84.1 Å². The minimum atomic E-state index is -0.132. The number of aromatic nitrogens is 4. The van der Waals surface area contributed by atoms with Crippen molar-refractivity contribution in [2.45, 2.75) is 6.61 Å². The van der Waals surface area contributed by atoms with Crippen LogP contribution < -0.4 is 19.4 Å². The predicted molar refractivity (Wildman–Crippen MR) is 148 cm³/mol. The van der Waals surface area contributed by atoms with E-state index < -0.39 is 0 Å². The summed E-state index contributed by atoms with van der Waals surface area (Å²) in [6.45, 7) is 6.51.